The van der Waals surface area contributed by atoms with Gasteiger partial charge in [-0.05, 0) is 42.0 Å². The highest BCUT2D eigenvalue weighted by atomic mass is 35.5. The van der Waals surface area contributed by atoms with Crippen molar-refractivity contribution in [2.75, 3.05) is 26.9 Å². The zero-order valence-electron chi connectivity index (χ0n) is 21.7. The molecule has 0 radical (unpaired) electrons. The Labute approximate surface area is 241 Å². The fourth-order valence-corrected chi connectivity index (χ4v) is 6.96. The van der Waals surface area contributed by atoms with Gasteiger partial charge in [-0.25, -0.2) is 4.98 Å². The van der Waals surface area contributed by atoms with Crippen LogP contribution in [0.2, 0.25) is 10.0 Å². The van der Waals surface area contributed by atoms with Crippen LogP contribution in [-0.4, -0.2) is 42.7 Å². The normalized spacial score (nSPS) is 16.3. The molecule has 0 spiro atoms. The Hall–Kier alpha value is -2.68. The molecule has 2 aliphatic rings. The molecule has 1 unspecified atom stereocenters. The van der Waals surface area contributed by atoms with Gasteiger partial charge < -0.3 is 19.1 Å². The summed E-state index contributed by atoms with van der Waals surface area (Å²) in [6.07, 6.45) is 0.318. The maximum Gasteiger partial charge on any atom is 0.256 e. The van der Waals surface area contributed by atoms with Crippen LogP contribution >= 0.6 is 34.5 Å². The highest BCUT2D eigenvalue weighted by molar-refractivity contribution is 7.17. The SMILES string of the molecule is COC(c1cc(Cl)c2c(c1Cl)C(=O)N(Cc1c(OCc3ccccc3)nc(C)c3sccc13)CC2)C1COC1. The number of benzene rings is 2. The van der Waals surface area contributed by atoms with Crippen molar-refractivity contribution in [1.82, 2.24) is 9.88 Å². The van der Waals surface area contributed by atoms with Gasteiger partial charge in [0.25, 0.3) is 5.91 Å². The third-order valence-electron chi connectivity index (χ3n) is 7.54. The monoisotopic (exact) mass is 582 g/mol. The van der Waals surface area contributed by atoms with Gasteiger partial charge in [0.15, 0.2) is 0 Å². The molecular weight excluding hydrogens is 555 g/mol. The fourth-order valence-electron chi connectivity index (χ4n) is 5.42. The number of hydrogen-bond donors (Lipinski definition) is 0. The van der Waals surface area contributed by atoms with E-state index in [1.54, 1.807) is 18.4 Å². The van der Waals surface area contributed by atoms with Crippen molar-refractivity contribution in [3.05, 3.63) is 91.4 Å². The van der Waals surface area contributed by atoms with E-state index in [2.05, 4.69) is 11.4 Å². The van der Waals surface area contributed by atoms with Gasteiger partial charge in [0.05, 0.1) is 46.8 Å². The molecule has 2 aliphatic heterocycles. The summed E-state index contributed by atoms with van der Waals surface area (Å²) in [5, 5.41) is 4.06. The molecule has 0 bridgehead atoms. The van der Waals surface area contributed by atoms with Gasteiger partial charge >= 0.3 is 0 Å². The van der Waals surface area contributed by atoms with Crippen LogP contribution in [0.5, 0.6) is 5.88 Å². The zero-order valence-corrected chi connectivity index (χ0v) is 24.0. The number of ether oxygens (including phenoxy) is 3. The Bertz CT molecular complexity index is 1540. The lowest BCUT2D eigenvalue weighted by molar-refractivity contribution is -0.105. The summed E-state index contributed by atoms with van der Waals surface area (Å²) in [4.78, 5) is 20.6. The van der Waals surface area contributed by atoms with Crippen molar-refractivity contribution in [1.29, 1.82) is 0 Å². The number of nitrogens with zero attached hydrogens (tertiary/aromatic N) is 2. The number of fused-ring (bicyclic) bond motifs is 2. The predicted molar refractivity (Wildman–Crippen MR) is 154 cm³/mol. The molecule has 202 valence electrons. The van der Waals surface area contributed by atoms with Crippen molar-refractivity contribution in [2.45, 2.75) is 32.6 Å². The quantitative estimate of drug-likeness (QED) is 0.223. The highest BCUT2D eigenvalue weighted by Crippen LogP contribution is 2.42. The molecule has 1 fully saturated rings. The van der Waals surface area contributed by atoms with Crippen LogP contribution in [0.1, 0.15) is 44.4 Å². The maximum absolute atomic E-state index is 14.0. The van der Waals surface area contributed by atoms with Gasteiger partial charge in [-0.1, -0.05) is 53.5 Å². The molecule has 6 rings (SSSR count). The first kappa shape index (κ1) is 26.5. The van der Waals surface area contributed by atoms with E-state index >= 15 is 0 Å². The lowest BCUT2D eigenvalue weighted by Crippen LogP contribution is -2.38. The van der Waals surface area contributed by atoms with Crippen molar-refractivity contribution in [3.8, 4) is 5.88 Å². The molecule has 6 nitrogen and oxygen atoms in total. The van der Waals surface area contributed by atoms with Gasteiger partial charge in [0.2, 0.25) is 5.88 Å². The van der Waals surface area contributed by atoms with Gasteiger partial charge in [-0.2, -0.15) is 0 Å². The molecule has 0 saturated carbocycles. The molecule has 0 aliphatic carbocycles. The minimum atomic E-state index is -0.290. The summed E-state index contributed by atoms with van der Waals surface area (Å²) in [5.74, 6) is 0.567. The van der Waals surface area contributed by atoms with Crippen LogP contribution in [0, 0.1) is 12.8 Å². The number of hydrogen-bond acceptors (Lipinski definition) is 6. The van der Waals surface area contributed by atoms with Gasteiger partial charge in [0, 0.05) is 41.1 Å². The number of methoxy groups -OCH3 is 1. The molecule has 1 amide bonds. The topological polar surface area (TPSA) is 60.9 Å². The third kappa shape index (κ3) is 4.92. The summed E-state index contributed by atoms with van der Waals surface area (Å²) >= 11 is 15.3. The Balaban J connectivity index is 1.35. The minimum absolute atomic E-state index is 0.150. The molecule has 2 aromatic carbocycles. The van der Waals surface area contributed by atoms with Crippen LogP contribution in [0.3, 0.4) is 0 Å². The van der Waals surface area contributed by atoms with E-state index in [1.165, 1.54) is 0 Å². The van der Waals surface area contributed by atoms with E-state index in [4.69, 9.17) is 42.4 Å². The lowest BCUT2D eigenvalue weighted by atomic mass is 9.89. The Morgan fingerprint density at radius 1 is 1.21 bits per heavy atom. The zero-order chi connectivity index (χ0) is 27.1. The predicted octanol–water partition coefficient (Wildman–Crippen LogP) is 7.02. The van der Waals surface area contributed by atoms with E-state index in [9.17, 15) is 4.79 Å². The van der Waals surface area contributed by atoms with Crippen LogP contribution in [0.4, 0.5) is 0 Å². The molecule has 2 aromatic heterocycles. The molecular formula is C30H28Cl2N2O4S. The third-order valence-corrected chi connectivity index (χ3v) is 9.31. The van der Waals surface area contributed by atoms with Crippen molar-refractivity contribution in [2.24, 2.45) is 5.92 Å². The van der Waals surface area contributed by atoms with Crippen molar-refractivity contribution < 1.29 is 19.0 Å². The first-order valence-corrected chi connectivity index (χ1v) is 14.5. The maximum atomic E-state index is 14.0. The number of aryl methyl sites for hydroxylation is 1. The summed E-state index contributed by atoms with van der Waals surface area (Å²) in [6.45, 7) is 4.43. The van der Waals surface area contributed by atoms with Gasteiger partial charge in [-0.3, -0.25) is 4.79 Å². The summed E-state index contributed by atoms with van der Waals surface area (Å²) in [7, 11) is 1.65. The standard InChI is InChI=1S/C30H28Cl2N2O4S/c1-17-28-20(9-11-39-28)23(29(33-17)38-14-18-6-4-3-5-7-18)13-34-10-8-21-24(31)12-22(26(32)25(21)30(34)35)27(36-2)19-15-37-16-19/h3-7,9,11-12,19,27H,8,10,13-16H2,1-2H3. The molecule has 4 heterocycles. The number of carbonyl (C=O) groups excluding carboxylic acids is 1. The summed E-state index contributed by atoms with van der Waals surface area (Å²) in [6, 6.07) is 13.9. The molecule has 4 aromatic rings. The summed E-state index contributed by atoms with van der Waals surface area (Å²) < 4.78 is 18.5. The average Bonchev–Trinajstić information content (AvgIpc) is 3.41. The first-order valence-electron chi connectivity index (χ1n) is 12.9. The molecule has 1 atom stereocenters. The number of pyridine rings is 1. The Morgan fingerprint density at radius 3 is 2.72 bits per heavy atom. The number of carbonyl (C=O) groups is 1. The number of aromatic nitrogens is 1. The second-order valence-corrected chi connectivity index (χ2v) is 11.7. The summed E-state index contributed by atoms with van der Waals surface area (Å²) in [5.41, 5.74) is 4.83. The highest BCUT2D eigenvalue weighted by Gasteiger charge is 2.36. The second-order valence-electron chi connectivity index (χ2n) is 9.96. The van der Waals surface area contributed by atoms with Crippen molar-refractivity contribution >= 4 is 50.5 Å². The van der Waals surface area contributed by atoms with E-state index in [0.717, 1.165) is 38.0 Å². The smallest absolute Gasteiger partial charge is 0.256 e. The number of amides is 1. The van der Waals surface area contributed by atoms with Crippen LogP contribution in [0.25, 0.3) is 10.1 Å². The number of thiophene rings is 1. The molecule has 9 heteroatoms. The molecule has 39 heavy (non-hydrogen) atoms. The first-order chi connectivity index (χ1) is 19.0. The van der Waals surface area contributed by atoms with E-state index in [1.807, 2.05) is 48.2 Å². The van der Waals surface area contributed by atoms with Crippen LogP contribution in [0.15, 0.2) is 47.8 Å². The van der Waals surface area contributed by atoms with Gasteiger partial charge in [-0.15, -0.1) is 11.3 Å². The lowest BCUT2D eigenvalue weighted by Gasteiger charge is -2.35. The Morgan fingerprint density at radius 2 is 2.00 bits per heavy atom. The van der Waals surface area contributed by atoms with Gasteiger partial charge in [0.1, 0.15) is 6.61 Å². The Kier molecular flexibility index (Phi) is 7.53. The average molecular weight is 584 g/mol. The number of halogens is 2. The molecule has 1 saturated heterocycles. The van der Waals surface area contributed by atoms with Crippen LogP contribution < -0.4 is 4.74 Å². The van der Waals surface area contributed by atoms with E-state index in [0.29, 0.717) is 60.8 Å². The van der Waals surface area contributed by atoms with E-state index < -0.39 is 0 Å². The fraction of sp³-hybridized carbons (Fsp3) is 0.333. The number of rotatable bonds is 8. The van der Waals surface area contributed by atoms with Crippen molar-refractivity contribution in [3.63, 3.8) is 0 Å². The largest absolute Gasteiger partial charge is 0.473 e. The van der Waals surface area contributed by atoms with E-state index in [-0.39, 0.29) is 17.9 Å². The minimum Gasteiger partial charge on any atom is -0.473 e. The van der Waals surface area contributed by atoms with Crippen LogP contribution in [-0.2, 0) is 29.0 Å². The second kappa shape index (κ2) is 11.1. The molecule has 0 N–H and O–H groups in total.